The van der Waals surface area contributed by atoms with Crippen LogP contribution in [0.3, 0.4) is 0 Å². The number of Topliss-reactive ketones (excluding diaryl/α,β-unsaturated/α-hetero) is 1. The van der Waals surface area contributed by atoms with E-state index in [2.05, 4.69) is 4.98 Å². The molecule has 5 heteroatoms. The summed E-state index contributed by atoms with van der Waals surface area (Å²) in [7, 11) is 0. The van der Waals surface area contributed by atoms with Crippen molar-refractivity contribution < 1.29 is 4.79 Å². The van der Waals surface area contributed by atoms with E-state index in [1.807, 2.05) is 12.3 Å². The number of thiazole rings is 1. The molecule has 2 rings (SSSR count). The van der Waals surface area contributed by atoms with Crippen molar-refractivity contribution in [2.75, 3.05) is 0 Å². The second kappa shape index (κ2) is 4.43. The Morgan fingerprint density at radius 3 is 2.87 bits per heavy atom. The van der Waals surface area contributed by atoms with Crippen LogP contribution in [0.2, 0.25) is 4.34 Å². The van der Waals surface area contributed by atoms with E-state index in [9.17, 15) is 4.79 Å². The molecule has 0 aliphatic rings. The lowest BCUT2D eigenvalue weighted by Crippen LogP contribution is -2.00. The molecular formula is C10H8ClNOS2. The number of thiophene rings is 1. The van der Waals surface area contributed by atoms with E-state index in [1.54, 1.807) is 12.1 Å². The number of nitrogens with zero attached hydrogens (tertiary/aromatic N) is 1. The average molecular weight is 258 g/mol. The molecule has 0 bridgehead atoms. The van der Waals surface area contributed by atoms with Crippen molar-refractivity contribution >= 4 is 40.1 Å². The molecule has 0 aromatic carbocycles. The lowest BCUT2D eigenvalue weighted by molar-refractivity contribution is 0.0997. The fourth-order valence-corrected chi connectivity index (χ4v) is 2.92. The molecule has 0 N–H and O–H groups in total. The van der Waals surface area contributed by atoms with Gasteiger partial charge < -0.3 is 0 Å². The highest BCUT2D eigenvalue weighted by molar-refractivity contribution is 7.18. The maximum atomic E-state index is 11.8. The van der Waals surface area contributed by atoms with Crippen molar-refractivity contribution in [1.82, 2.24) is 4.98 Å². The third kappa shape index (κ3) is 2.65. The minimum Gasteiger partial charge on any atom is -0.293 e. The van der Waals surface area contributed by atoms with Crippen LogP contribution >= 0.6 is 34.3 Å². The van der Waals surface area contributed by atoms with Gasteiger partial charge in [0.15, 0.2) is 5.78 Å². The van der Waals surface area contributed by atoms with E-state index < -0.39 is 0 Å². The summed E-state index contributed by atoms with van der Waals surface area (Å²) in [5.41, 5.74) is 0.965. The van der Waals surface area contributed by atoms with Gasteiger partial charge in [-0.25, -0.2) is 4.98 Å². The monoisotopic (exact) mass is 257 g/mol. The molecule has 0 saturated heterocycles. The first kappa shape index (κ1) is 10.8. The van der Waals surface area contributed by atoms with E-state index in [-0.39, 0.29) is 5.78 Å². The Balaban J connectivity index is 2.10. The maximum absolute atomic E-state index is 11.8. The molecule has 0 aliphatic carbocycles. The zero-order chi connectivity index (χ0) is 10.8. The zero-order valence-corrected chi connectivity index (χ0v) is 10.4. The molecule has 2 aromatic heterocycles. The molecule has 78 valence electrons. The highest BCUT2D eigenvalue weighted by Gasteiger charge is 2.11. The number of halogens is 1. The molecule has 0 fully saturated rings. The highest BCUT2D eigenvalue weighted by Crippen LogP contribution is 2.23. The summed E-state index contributed by atoms with van der Waals surface area (Å²) in [6, 6.07) is 3.50. The van der Waals surface area contributed by atoms with Crippen LogP contribution in [0.5, 0.6) is 0 Å². The van der Waals surface area contributed by atoms with E-state index >= 15 is 0 Å². The summed E-state index contributed by atoms with van der Waals surface area (Å²) in [4.78, 5) is 16.7. The second-order valence-electron chi connectivity index (χ2n) is 3.09. The van der Waals surface area contributed by atoms with Crippen molar-refractivity contribution in [3.05, 3.63) is 37.4 Å². The van der Waals surface area contributed by atoms with E-state index in [0.29, 0.717) is 15.6 Å². The summed E-state index contributed by atoms with van der Waals surface area (Å²) >= 11 is 8.60. The first-order valence-corrected chi connectivity index (χ1v) is 6.42. The van der Waals surface area contributed by atoms with Crippen molar-refractivity contribution in [2.45, 2.75) is 13.3 Å². The second-order valence-corrected chi connectivity index (χ2v) is 5.74. The first-order chi connectivity index (χ1) is 7.15. The van der Waals surface area contributed by atoms with Crippen molar-refractivity contribution in [3.63, 3.8) is 0 Å². The molecule has 0 aliphatic heterocycles. The number of hydrogen-bond acceptors (Lipinski definition) is 4. The number of aromatic nitrogens is 1. The third-order valence-corrected chi connectivity index (χ3v) is 4.07. The Bertz CT molecular complexity index is 489. The van der Waals surface area contributed by atoms with Crippen LogP contribution in [-0.2, 0) is 6.42 Å². The molecule has 0 saturated carbocycles. The fraction of sp³-hybridized carbons (Fsp3) is 0.200. The Hall–Kier alpha value is -0.710. The van der Waals surface area contributed by atoms with Gasteiger partial charge in [0.25, 0.3) is 0 Å². The molecule has 0 atom stereocenters. The molecule has 0 radical (unpaired) electrons. The lowest BCUT2D eigenvalue weighted by atomic mass is 10.2. The summed E-state index contributed by atoms with van der Waals surface area (Å²) in [5.74, 6) is 0.0845. The standard InChI is InChI=1S/C10H8ClNOS2/c1-6-5-14-10(12-6)4-7(13)8-2-3-9(11)15-8/h2-3,5H,4H2,1H3. The molecule has 0 unspecified atom stereocenters. The predicted octanol–water partition coefficient (Wildman–Crippen LogP) is 3.59. The normalized spacial score (nSPS) is 10.5. The lowest BCUT2D eigenvalue weighted by Gasteiger charge is -1.92. The predicted molar refractivity (Wildman–Crippen MR) is 64.2 cm³/mol. The van der Waals surface area contributed by atoms with E-state index in [0.717, 1.165) is 10.7 Å². The molecule has 15 heavy (non-hydrogen) atoms. The zero-order valence-electron chi connectivity index (χ0n) is 7.99. The van der Waals surface area contributed by atoms with Gasteiger partial charge in [0, 0.05) is 11.1 Å². The number of carbonyl (C=O) groups excluding carboxylic acids is 1. The van der Waals surface area contributed by atoms with Crippen LogP contribution in [0.1, 0.15) is 20.4 Å². The SMILES string of the molecule is Cc1csc(CC(=O)c2ccc(Cl)s2)n1. The van der Waals surface area contributed by atoms with Gasteiger partial charge in [-0.05, 0) is 19.1 Å². The highest BCUT2D eigenvalue weighted by atomic mass is 35.5. The van der Waals surface area contributed by atoms with Crippen molar-refractivity contribution in [3.8, 4) is 0 Å². The van der Waals surface area contributed by atoms with Crippen LogP contribution in [0, 0.1) is 6.92 Å². The summed E-state index contributed by atoms with van der Waals surface area (Å²) in [5, 5.41) is 2.81. The van der Waals surface area contributed by atoms with Crippen molar-refractivity contribution in [2.24, 2.45) is 0 Å². The van der Waals surface area contributed by atoms with Gasteiger partial charge in [0.1, 0.15) is 5.01 Å². The van der Waals surface area contributed by atoms with Crippen LogP contribution in [0.25, 0.3) is 0 Å². The molecular weight excluding hydrogens is 250 g/mol. The van der Waals surface area contributed by atoms with Gasteiger partial charge in [-0.15, -0.1) is 22.7 Å². The number of rotatable bonds is 3. The van der Waals surface area contributed by atoms with Gasteiger partial charge in [0.2, 0.25) is 0 Å². The Labute approximate surface area is 101 Å². The van der Waals surface area contributed by atoms with Crippen LogP contribution < -0.4 is 0 Å². The topological polar surface area (TPSA) is 30.0 Å². The van der Waals surface area contributed by atoms with Crippen LogP contribution in [0.15, 0.2) is 17.5 Å². The number of carbonyl (C=O) groups is 1. The fourth-order valence-electron chi connectivity index (χ4n) is 1.17. The number of ketones is 1. The quantitative estimate of drug-likeness (QED) is 0.787. The Kier molecular flexibility index (Phi) is 3.19. The summed E-state index contributed by atoms with van der Waals surface area (Å²) in [6.07, 6.45) is 0.370. The Morgan fingerprint density at radius 2 is 2.33 bits per heavy atom. The summed E-state index contributed by atoms with van der Waals surface area (Å²) in [6.45, 7) is 1.92. The van der Waals surface area contributed by atoms with E-state index in [1.165, 1.54) is 22.7 Å². The van der Waals surface area contributed by atoms with Gasteiger partial charge >= 0.3 is 0 Å². The summed E-state index contributed by atoms with van der Waals surface area (Å²) < 4.78 is 0.647. The number of aryl methyl sites for hydroxylation is 1. The van der Waals surface area contributed by atoms with Gasteiger partial charge in [-0.3, -0.25) is 4.79 Å². The molecule has 2 aromatic rings. The van der Waals surface area contributed by atoms with E-state index in [4.69, 9.17) is 11.6 Å². The molecule has 0 amide bonds. The molecule has 2 heterocycles. The maximum Gasteiger partial charge on any atom is 0.179 e. The molecule has 0 spiro atoms. The van der Waals surface area contributed by atoms with Gasteiger partial charge in [-0.1, -0.05) is 11.6 Å². The van der Waals surface area contributed by atoms with Gasteiger partial charge in [-0.2, -0.15) is 0 Å². The average Bonchev–Trinajstić information content (AvgIpc) is 2.75. The minimum atomic E-state index is 0.0845. The number of hydrogen-bond donors (Lipinski definition) is 0. The minimum absolute atomic E-state index is 0.0845. The Morgan fingerprint density at radius 1 is 1.53 bits per heavy atom. The van der Waals surface area contributed by atoms with Crippen molar-refractivity contribution in [1.29, 1.82) is 0 Å². The third-order valence-electron chi connectivity index (χ3n) is 1.83. The van der Waals surface area contributed by atoms with Crippen LogP contribution in [-0.4, -0.2) is 10.8 Å². The van der Waals surface area contributed by atoms with Gasteiger partial charge in [0.05, 0.1) is 15.6 Å². The van der Waals surface area contributed by atoms with Crippen LogP contribution in [0.4, 0.5) is 0 Å². The smallest absolute Gasteiger partial charge is 0.179 e. The first-order valence-electron chi connectivity index (χ1n) is 4.34. The molecule has 2 nitrogen and oxygen atoms in total. The largest absolute Gasteiger partial charge is 0.293 e.